The summed E-state index contributed by atoms with van der Waals surface area (Å²) in [4.78, 5) is 25.0. The van der Waals surface area contributed by atoms with E-state index in [1.165, 1.54) is 0 Å². The van der Waals surface area contributed by atoms with Crippen LogP contribution in [0, 0.1) is 6.92 Å². The summed E-state index contributed by atoms with van der Waals surface area (Å²) < 4.78 is 0. The number of carbonyl (C=O) groups excluding carboxylic acids is 1. The van der Waals surface area contributed by atoms with Gasteiger partial charge in [-0.1, -0.05) is 17.7 Å². The van der Waals surface area contributed by atoms with Gasteiger partial charge in [0, 0.05) is 23.2 Å². The first-order valence-corrected chi connectivity index (χ1v) is 6.66. The molecule has 1 fully saturated rings. The average Bonchev–Trinajstić information content (AvgIpc) is 2.79. The number of amides is 1. The average molecular weight is 282 g/mol. The lowest BCUT2D eigenvalue weighted by Gasteiger charge is -2.24. The Bertz CT molecular complexity index is 515. The van der Waals surface area contributed by atoms with Gasteiger partial charge in [0.05, 0.1) is 6.42 Å². The summed E-state index contributed by atoms with van der Waals surface area (Å²) in [6.07, 6.45) is 1.60. The van der Waals surface area contributed by atoms with Crippen molar-refractivity contribution in [2.24, 2.45) is 0 Å². The third kappa shape index (κ3) is 2.89. The zero-order valence-corrected chi connectivity index (χ0v) is 11.5. The molecule has 0 saturated carbocycles. The molecule has 0 radical (unpaired) electrons. The molecule has 1 aliphatic rings. The molecule has 5 heteroatoms. The van der Waals surface area contributed by atoms with Crippen LogP contribution in [0.15, 0.2) is 18.2 Å². The van der Waals surface area contributed by atoms with E-state index in [0.717, 1.165) is 18.4 Å². The predicted molar refractivity (Wildman–Crippen MR) is 72.5 cm³/mol. The number of hydrogen-bond acceptors (Lipinski definition) is 2. The van der Waals surface area contributed by atoms with Crippen molar-refractivity contribution in [3.05, 3.63) is 34.3 Å². The third-order valence-corrected chi connectivity index (χ3v) is 3.96. The maximum Gasteiger partial charge on any atom is 0.305 e. The summed E-state index contributed by atoms with van der Waals surface area (Å²) in [6, 6.07) is 5.01. The first kappa shape index (κ1) is 13.9. The van der Waals surface area contributed by atoms with Crippen molar-refractivity contribution in [2.45, 2.75) is 32.2 Å². The highest BCUT2D eigenvalue weighted by Crippen LogP contribution is 2.26. The number of carbonyl (C=O) groups is 2. The quantitative estimate of drug-likeness (QED) is 0.927. The lowest BCUT2D eigenvalue weighted by atomic mass is 10.1. The van der Waals surface area contributed by atoms with Gasteiger partial charge in [0.1, 0.15) is 0 Å². The van der Waals surface area contributed by atoms with Crippen LogP contribution in [0.5, 0.6) is 0 Å². The van der Waals surface area contributed by atoms with Crippen LogP contribution in [-0.4, -0.2) is 34.5 Å². The molecule has 2 rings (SSSR count). The summed E-state index contributed by atoms with van der Waals surface area (Å²) in [5, 5.41) is 9.44. The SMILES string of the molecule is Cc1c(Cl)cccc1C(=O)N1CCCC1CC(=O)O. The minimum Gasteiger partial charge on any atom is -0.481 e. The van der Waals surface area contributed by atoms with Gasteiger partial charge in [-0.25, -0.2) is 0 Å². The molecule has 19 heavy (non-hydrogen) atoms. The molecule has 0 aliphatic carbocycles. The second-order valence-corrected chi connectivity index (χ2v) is 5.21. The van der Waals surface area contributed by atoms with Gasteiger partial charge < -0.3 is 10.0 Å². The molecule has 1 saturated heterocycles. The minimum atomic E-state index is -0.868. The molecule has 1 amide bonds. The normalized spacial score (nSPS) is 18.6. The van der Waals surface area contributed by atoms with E-state index in [0.29, 0.717) is 17.1 Å². The van der Waals surface area contributed by atoms with Gasteiger partial charge in [-0.2, -0.15) is 0 Å². The summed E-state index contributed by atoms with van der Waals surface area (Å²) in [5.41, 5.74) is 1.31. The van der Waals surface area contributed by atoms with Crippen LogP contribution in [0.4, 0.5) is 0 Å². The number of halogens is 1. The molecule has 1 aromatic rings. The van der Waals surface area contributed by atoms with E-state index in [4.69, 9.17) is 16.7 Å². The van der Waals surface area contributed by atoms with E-state index in [-0.39, 0.29) is 18.4 Å². The number of rotatable bonds is 3. The smallest absolute Gasteiger partial charge is 0.305 e. The molecule has 1 aliphatic heterocycles. The Balaban J connectivity index is 2.23. The van der Waals surface area contributed by atoms with Crippen LogP contribution in [0.3, 0.4) is 0 Å². The molecule has 4 nitrogen and oxygen atoms in total. The van der Waals surface area contributed by atoms with Gasteiger partial charge in [0.2, 0.25) is 0 Å². The molecular weight excluding hydrogens is 266 g/mol. The van der Waals surface area contributed by atoms with E-state index in [9.17, 15) is 9.59 Å². The third-order valence-electron chi connectivity index (χ3n) is 3.55. The molecule has 0 spiro atoms. The summed E-state index contributed by atoms with van der Waals surface area (Å²) in [5.74, 6) is -0.990. The highest BCUT2D eigenvalue weighted by molar-refractivity contribution is 6.31. The Kier molecular flexibility index (Phi) is 4.10. The molecule has 0 bridgehead atoms. The fourth-order valence-corrected chi connectivity index (χ4v) is 2.69. The van der Waals surface area contributed by atoms with Crippen molar-refractivity contribution < 1.29 is 14.7 Å². The number of carboxylic acid groups (broad SMARTS) is 1. The standard InChI is InChI=1S/C14H16ClNO3/c1-9-11(5-2-6-12(9)15)14(19)16-7-3-4-10(16)8-13(17)18/h2,5-6,10H,3-4,7-8H2,1H3,(H,17,18). The van der Waals surface area contributed by atoms with E-state index < -0.39 is 5.97 Å². The zero-order valence-electron chi connectivity index (χ0n) is 10.7. The van der Waals surface area contributed by atoms with Crippen LogP contribution in [0.25, 0.3) is 0 Å². The summed E-state index contributed by atoms with van der Waals surface area (Å²) >= 11 is 6.02. The maximum absolute atomic E-state index is 12.5. The fraction of sp³-hybridized carbons (Fsp3) is 0.429. The van der Waals surface area contributed by atoms with Gasteiger partial charge in [-0.3, -0.25) is 9.59 Å². The van der Waals surface area contributed by atoms with Crippen molar-refractivity contribution in [3.63, 3.8) is 0 Å². The Morgan fingerprint density at radius 2 is 2.21 bits per heavy atom. The first-order valence-electron chi connectivity index (χ1n) is 6.28. The lowest BCUT2D eigenvalue weighted by Crippen LogP contribution is -2.37. The van der Waals surface area contributed by atoms with Crippen molar-refractivity contribution in [1.82, 2.24) is 4.90 Å². The molecule has 1 heterocycles. The van der Waals surface area contributed by atoms with Gasteiger partial charge in [0.25, 0.3) is 5.91 Å². The van der Waals surface area contributed by atoms with Gasteiger partial charge in [-0.05, 0) is 37.5 Å². The highest BCUT2D eigenvalue weighted by Gasteiger charge is 2.31. The number of nitrogens with zero attached hydrogens (tertiary/aromatic N) is 1. The first-order chi connectivity index (χ1) is 9.00. The number of aliphatic carboxylic acids is 1. The molecule has 1 atom stereocenters. The van der Waals surface area contributed by atoms with E-state index >= 15 is 0 Å². The maximum atomic E-state index is 12.5. The molecule has 1 unspecified atom stereocenters. The Hall–Kier alpha value is -1.55. The second kappa shape index (κ2) is 5.61. The van der Waals surface area contributed by atoms with Gasteiger partial charge in [0.15, 0.2) is 0 Å². The highest BCUT2D eigenvalue weighted by atomic mass is 35.5. The largest absolute Gasteiger partial charge is 0.481 e. The fourth-order valence-electron chi connectivity index (χ4n) is 2.51. The molecular formula is C14H16ClNO3. The Morgan fingerprint density at radius 1 is 1.47 bits per heavy atom. The second-order valence-electron chi connectivity index (χ2n) is 4.80. The Morgan fingerprint density at radius 3 is 2.89 bits per heavy atom. The molecule has 1 aromatic carbocycles. The van der Waals surface area contributed by atoms with Crippen molar-refractivity contribution in [2.75, 3.05) is 6.54 Å². The van der Waals surface area contributed by atoms with Gasteiger partial charge >= 0.3 is 5.97 Å². The van der Waals surface area contributed by atoms with E-state index in [1.807, 2.05) is 0 Å². The van der Waals surface area contributed by atoms with Crippen LogP contribution in [0.1, 0.15) is 35.2 Å². The number of hydrogen-bond donors (Lipinski definition) is 1. The topological polar surface area (TPSA) is 57.6 Å². The zero-order chi connectivity index (χ0) is 14.0. The van der Waals surface area contributed by atoms with Crippen molar-refractivity contribution in [3.8, 4) is 0 Å². The van der Waals surface area contributed by atoms with Crippen molar-refractivity contribution in [1.29, 1.82) is 0 Å². The van der Waals surface area contributed by atoms with Crippen molar-refractivity contribution >= 4 is 23.5 Å². The minimum absolute atomic E-state index is 0.00531. The van der Waals surface area contributed by atoms with E-state index in [2.05, 4.69) is 0 Å². The van der Waals surface area contributed by atoms with Gasteiger partial charge in [-0.15, -0.1) is 0 Å². The molecule has 0 aromatic heterocycles. The number of likely N-dealkylation sites (tertiary alicyclic amines) is 1. The van der Waals surface area contributed by atoms with Crippen LogP contribution >= 0.6 is 11.6 Å². The lowest BCUT2D eigenvalue weighted by molar-refractivity contribution is -0.137. The monoisotopic (exact) mass is 281 g/mol. The summed E-state index contributed by atoms with van der Waals surface area (Å²) in [7, 11) is 0. The number of benzene rings is 1. The van der Waals surface area contributed by atoms with Crippen LogP contribution in [-0.2, 0) is 4.79 Å². The van der Waals surface area contributed by atoms with Crippen LogP contribution < -0.4 is 0 Å². The molecule has 102 valence electrons. The Labute approximate surface area is 117 Å². The predicted octanol–water partition coefficient (Wildman–Crippen LogP) is 2.73. The van der Waals surface area contributed by atoms with Crippen LogP contribution in [0.2, 0.25) is 5.02 Å². The van der Waals surface area contributed by atoms with E-state index in [1.54, 1.807) is 30.0 Å². The number of carboxylic acids is 1. The molecule has 1 N–H and O–H groups in total. The summed E-state index contributed by atoms with van der Waals surface area (Å²) in [6.45, 7) is 2.42.